The molecular weight excluding hydrogens is 194 g/mol. The van der Waals surface area contributed by atoms with Gasteiger partial charge in [0.15, 0.2) is 12.4 Å². The van der Waals surface area contributed by atoms with Gasteiger partial charge in [0.25, 0.3) is 0 Å². The van der Waals surface area contributed by atoms with Crippen molar-refractivity contribution in [2.45, 2.75) is 65.8 Å². The zero-order valence-corrected chi connectivity index (χ0v) is 11.1. The van der Waals surface area contributed by atoms with E-state index in [1.54, 1.807) is 0 Å². The molecule has 0 saturated heterocycles. The third-order valence-electron chi connectivity index (χ3n) is 3.23. The molecule has 0 N–H and O–H groups in total. The maximum absolute atomic E-state index is 2.35. The van der Waals surface area contributed by atoms with E-state index in [-0.39, 0.29) is 0 Å². The van der Waals surface area contributed by atoms with Crippen LogP contribution in [0.5, 0.6) is 0 Å². The molecule has 0 aromatic carbocycles. The summed E-state index contributed by atoms with van der Waals surface area (Å²) in [7, 11) is 0. The van der Waals surface area contributed by atoms with Gasteiger partial charge < -0.3 is 0 Å². The molecule has 0 aliphatic rings. The third-order valence-corrected chi connectivity index (χ3v) is 3.23. The number of nitrogens with zero attached hydrogens (tertiary/aromatic N) is 1. The van der Waals surface area contributed by atoms with Crippen molar-refractivity contribution in [1.29, 1.82) is 0 Å². The highest BCUT2D eigenvalue weighted by Gasteiger charge is 2.06. The zero-order valence-electron chi connectivity index (χ0n) is 11.1. The van der Waals surface area contributed by atoms with Crippen LogP contribution in [0, 0.1) is 0 Å². The SMILES string of the molecule is CCCCCC[n+]1ccc(CC)c(CC)c1. The fourth-order valence-electron chi connectivity index (χ4n) is 2.14. The second-order valence-electron chi connectivity index (χ2n) is 4.50. The predicted molar refractivity (Wildman–Crippen MR) is 69.5 cm³/mol. The summed E-state index contributed by atoms with van der Waals surface area (Å²) in [4.78, 5) is 0. The van der Waals surface area contributed by atoms with Crippen LogP contribution in [0.1, 0.15) is 57.6 Å². The van der Waals surface area contributed by atoms with Crippen molar-refractivity contribution in [3.05, 3.63) is 29.6 Å². The lowest BCUT2D eigenvalue weighted by Crippen LogP contribution is -2.33. The lowest BCUT2D eigenvalue weighted by atomic mass is 10.1. The largest absolute Gasteiger partial charge is 0.205 e. The fraction of sp³-hybridized carbons (Fsp3) is 0.667. The zero-order chi connectivity index (χ0) is 11.8. The molecule has 16 heavy (non-hydrogen) atoms. The summed E-state index contributed by atoms with van der Waals surface area (Å²) in [6.07, 6.45) is 12.2. The van der Waals surface area contributed by atoms with Crippen molar-refractivity contribution < 1.29 is 4.57 Å². The Morgan fingerprint density at radius 1 is 0.938 bits per heavy atom. The Morgan fingerprint density at radius 2 is 1.69 bits per heavy atom. The number of aryl methyl sites for hydroxylation is 3. The first-order valence-corrected chi connectivity index (χ1v) is 6.82. The lowest BCUT2D eigenvalue weighted by molar-refractivity contribution is -0.697. The minimum Gasteiger partial charge on any atom is -0.205 e. The van der Waals surface area contributed by atoms with Crippen LogP contribution in [0.3, 0.4) is 0 Å². The van der Waals surface area contributed by atoms with E-state index in [0.29, 0.717) is 0 Å². The molecule has 0 spiro atoms. The van der Waals surface area contributed by atoms with Crippen LogP contribution in [-0.4, -0.2) is 0 Å². The van der Waals surface area contributed by atoms with Crippen LogP contribution in [0.2, 0.25) is 0 Å². The maximum Gasteiger partial charge on any atom is 0.172 e. The van der Waals surface area contributed by atoms with Crippen molar-refractivity contribution in [2.24, 2.45) is 0 Å². The summed E-state index contributed by atoms with van der Waals surface area (Å²) in [5, 5.41) is 0. The lowest BCUT2D eigenvalue weighted by Gasteiger charge is -2.04. The summed E-state index contributed by atoms with van der Waals surface area (Å²) in [6, 6.07) is 2.29. The monoisotopic (exact) mass is 220 g/mol. The normalized spacial score (nSPS) is 10.7. The topological polar surface area (TPSA) is 3.88 Å². The third kappa shape index (κ3) is 3.96. The summed E-state index contributed by atoms with van der Waals surface area (Å²) >= 11 is 0. The molecule has 1 heterocycles. The van der Waals surface area contributed by atoms with Gasteiger partial charge in [0, 0.05) is 18.1 Å². The van der Waals surface area contributed by atoms with E-state index in [1.165, 1.54) is 43.4 Å². The van der Waals surface area contributed by atoms with Crippen LogP contribution in [0.25, 0.3) is 0 Å². The Bertz CT molecular complexity index is 304. The molecule has 0 unspecified atom stereocenters. The number of unbranched alkanes of at least 4 members (excludes halogenated alkanes) is 3. The molecule has 0 amide bonds. The van der Waals surface area contributed by atoms with Crippen LogP contribution >= 0.6 is 0 Å². The van der Waals surface area contributed by atoms with E-state index in [2.05, 4.69) is 43.8 Å². The Labute approximate surface area is 101 Å². The summed E-state index contributed by atoms with van der Waals surface area (Å²) in [6.45, 7) is 7.92. The number of rotatable bonds is 7. The number of pyridine rings is 1. The van der Waals surface area contributed by atoms with Gasteiger partial charge in [-0.15, -0.1) is 0 Å². The van der Waals surface area contributed by atoms with Crippen LogP contribution in [-0.2, 0) is 19.4 Å². The molecule has 1 rings (SSSR count). The Balaban J connectivity index is 2.54. The molecule has 1 nitrogen and oxygen atoms in total. The second kappa shape index (κ2) is 7.43. The molecule has 0 atom stereocenters. The maximum atomic E-state index is 2.35. The van der Waals surface area contributed by atoms with Gasteiger partial charge in [-0.05, 0) is 24.8 Å². The molecule has 1 aromatic heterocycles. The molecular formula is C15H26N+. The quantitative estimate of drug-likeness (QED) is 0.487. The van der Waals surface area contributed by atoms with E-state index >= 15 is 0 Å². The Hall–Kier alpha value is -0.850. The summed E-state index contributed by atoms with van der Waals surface area (Å²) < 4.78 is 2.35. The minimum atomic E-state index is 1.15. The van der Waals surface area contributed by atoms with Gasteiger partial charge in [0.2, 0.25) is 0 Å². The van der Waals surface area contributed by atoms with Crippen molar-refractivity contribution in [2.75, 3.05) is 0 Å². The highest BCUT2D eigenvalue weighted by Crippen LogP contribution is 2.07. The summed E-state index contributed by atoms with van der Waals surface area (Å²) in [5.74, 6) is 0. The molecule has 0 bridgehead atoms. The van der Waals surface area contributed by atoms with Crippen LogP contribution < -0.4 is 4.57 Å². The van der Waals surface area contributed by atoms with Gasteiger partial charge in [0.05, 0.1) is 0 Å². The average molecular weight is 220 g/mol. The van der Waals surface area contributed by atoms with Gasteiger partial charge in [0.1, 0.15) is 6.54 Å². The average Bonchev–Trinajstić information content (AvgIpc) is 2.34. The van der Waals surface area contributed by atoms with Crippen molar-refractivity contribution in [3.63, 3.8) is 0 Å². The second-order valence-corrected chi connectivity index (χ2v) is 4.50. The van der Waals surface area contributed by atoms with Gasteiger partial charge in [-0.2, -0.15) is 0 Å². The highest BCUT2D eigenvalue weighted by atomic mass is 14.9. The summed E-state index contributed by atoms with van der Waals surface area (Å²) in [5.41, 5.74) is 3.02. The fourth-order valence-corrected chi connectivity index (χ4v) is 2.14. The Kier molecular flexibility index (Phi) is 6.14. The molecule has 0 radical (unpaired) electrons. The Morgan fingerprint density at radius 3 is 2.31 bits per heavy atom. The van der Waals surface area contributed by atoms with E-state index in [1.807, 2.05) is 0 Å². The molecule has 90 valence electrons. The van der Waals surface area contributed by atoms with Gasteiger partial charge in [-0.3, -0.25) is 0 Å². The first kappa shape index (κ1) is 13.2. The number of hydrogen-bond acceptors (Lipinski definition) is 0. The molecule has 0 fully saturated rings. The van der Waals surface area contributed by atoms with Crippen molar-refractivity contribution >= 4 is 0 Å². The van der Waals surface area contributed by atoms with E-state index in [0.717, 1.165) is 12.8 Å². The standard InChI is InChI=1S/C15H26N/c1-4-7-8-9-11-16-12-10-14(5-2)15(6-3)13-16/h10,12-13H,4-9,11H2,1-3H3/q+1. The molecule has 1 aromatic rings. The van der Waals surface area contributed by atoms with Gasteiger partial charge in [-0.1, -0.05) is 33.6 Å². The number of aromatic nitrogens is 1. The van der Waals surface area contributed by atoms with Crippen molar-refractivity contribution in [3.8, 4) is 0 Å². The van der Waals surface area contributed by atoms with Crippen molar-refractivity contribution in [1.82, 2.24) is 0 Å². The first-order valence-electron chi connectivity index (χ1n) is 6.82. The minimum absolute atomic E-state index is 1.15. The molecule has 0 aliphatic carbocycles. The first-order chi connectivity index (χ1) is 7.81. The van der Waals surface area contributed by atoms with Crippen LogP contribution in [0.4, 0.5) is 0 Å². The highest BCUT2D eigenvalue weighted by molar-refractivity contribution is 5.20. The predicted octanol–water partition coefficient (Wildman–Crippen LogP) is 3.68. The van der Waals surface area contributed by atoms with Gasteiger partial charge >= 0.3 is 0 Å². The smallest absolute Gasteiger partial charge is 0.172 e. The van der Waals surface area contributed by atoms with Gasteiger partial charge in [-0.25, -0.2) is 4.57 Å². The van der Waals surface area contributed by atoms with E-state index in [9.17, 15) is 0 Å². The van der Waals surface area contributed by atoms with E-state index < -0.39 is 0 Å². The number of hydrogen-bond donors (Lipinski definition) is 0. The molecule has 0 saturated carbocycles. The van der Waals surface area contributed by atoms with Crippen LogP contribution in [0.15, 0.2) is 18.5 Å². The molecule has 0 aliphatic heterocycles. The molecule has 1 heteroatoms. The van der Waals surface area contributed by atoms with E-state index in [4.69, 9.17) is 0 Å².